The summed E-state index contributed by atoms with van der Waals surface area (Å²) < 4.78 is 0. The number of hydrogen-bond donors (Lipinski definition) is 1. The Morgan fingerprint density at radius 2 is 1.88 bits per heavy atom. The van der Waals surface area contributed by atoms with Gasteiger partial charge in [0.1, 0.15) is 0 Å². The first-order valence-corrected chi connectivity index (χ1v) is 6.77. The molecule has 1 N–H and O–H groups in total. The Labute approximate surface area is 111 Å². The van der Waals surface area contributed by atoms with Crippen LogP contribution in [-0.2, 0) is 5.41 Å². The summed E-state index contributed by atoms with van der Waals surface area (Å²) in [6.07, 6.45) is 1.10. The van der Waals surface area contributed by atoms with Crippen molar-refractivity contribution in [2.45, 2.75) is 39.5 Å². The van der Waals surface area contributed by atoms with Crippen molar-refractivity contribution in [3.05, 3.63) is 34.9 Å². The van der Waals surface area contributed by atoms with Gasteiger partial charge in [0.05, 0.1) is 0 Å². The highest BCUT2D eigenvalue weighted by atomic mass is 35.5. The predicted octanol–water partition coefficient (Wildman–Crippen LogP) is 4.25. The predicted molar refractivity (Wildman–Crippen MR) is 76.8 cm³/mol. The van der Waals surface area contributed by atoms with Crippen LogP contribution in [0.25, 0.3) is 0 Å². The maximum absolute atomic E-state index is 6.25. The molecule has 0 heterocycles. The third kappa shape index (κ3) is 4.69. The molecule has 0 bridgehead atoms. The van der Waals surface area contributed by atoms with Crippen molar-refractivity contribution in [3.8, 4) is 0 Å². The molecule has 0 aliphatic carbocycles. The molecule has 0 atom stereocenters. The zero-order chi connectivity index (χ0) is 12.9. The van der Waals surface area contributed by atoms with Gasteiger partial charge in [0.25, 0.3) is 0 Å². The van der Waals surface area contributed by atoms with Crippen molar-refractivity contribution in [2.75, 3.05) is 13.1 Å². The maximum Gasteiger partial charge on any atom is 0.0443 e. The zero-order valence-electron chi connectivity index (χ0n) is 11.4. The highest BCUT2D eigenvalue weighted by Crippen LogP contribution is 2.31. The van der Waals surface area contributed by atoms with Crippen LogP contribution in [-0.4, -0.2) is 13.1 Å². The summed E-state index contributed by atoms with van der Waals surface area (Å²) in [7, 11) is 0. The van der Waals surface area contributed by atoms with E-state index in [0.717, 1.165) is 24.5 Å². The number of nitrogens with one attached hydrogen (secondary N) is 1. The van der Waals surface area contributed by atoms with Gasteiger partial charge in [-0.25, -0.2) is 0 Å². The van der Waals surface area contributed by atoms with Crippen LogP contribution >= 0.6 is 11.6 Å². The van der Waals surface area contributed by atoms with E-state index in [-0.39, 0.29) is 5.41 Å². The molecule has 0 aromatic heterocycles. The van der Waals surface area contributed by atoms with Crippen LogP contribution in [0.4, 0.5) is 0 Å². The number of hydrogen-bond acceptors (Lipinski definition) is 1. The van der Waals surface area contributed by atoms with E-state index in [1.54, 1.807) is 0 Å². The molecule has 0 aliphatic rings. The lowest BCUT2D eigenvalue weighted by atomic mass is 9.81. The molecule has 0 amide bonds. The fraction of sp³-hybridized carbons (Fsp3) is 0.600. The highest BCUT2D eigenvalue weighted by Gasteiger charge is 2.22. The summed E-state index contributed by atoms with van der Waals surface area (Å²) in [6, 6.07) is 8.15. The minimum absolute atomic E-state index is 0.127. The van der Waals surface area contributed by atoms with Gasteiger partial charge in [0.15, 0.2) is 0 Å². The monoisotopic (exact) mass is 253 g/mol. The van der Waals surface area contributed by atoms with Crippen molar-refractivity contribution >= 4 is 11.6 Å². The SMILES string of the molecule is CC(C)CNCCC(C)(C)c1ccccc1Cl. The van der Waals surface area contributed by atoms with E-state index in [4.69, 9.17) is 11.6 Å². The summed E-state index contributed by atoms with van der Waals surface area (Å²) in [4.78, 5) is 0. The van der Waals surface area contributed by atoms with Crippen LogP contribution in [0.1, 0.15) is 39.7 Å². The Bertz CT molecular complexity index is 345. The van der Waals surface area contributed by atoms with Crippen LogP contribution in [0.3, 0.4) is 0 Å². The molecule has 0 aliphatic heterocycles. The summed E-state index contributed by atoms with van der Waals surface area (Å²) in [6.45, 7) is 11.1. The van der Waals surface area contributed by atoms with E-state index < -0.39 is 0 Å². The van der Waals surface area contributed by atoms with E-state index in [1.165, 1.54) is 5.56 Å². The van der Waals surface area contributed by atoms with E-state index >= 15 is 0 Å². The van der Waals surface area contributed by atoms with E-state index in [1.807, 2.05) is 12.1 Å². The molecule has 0 saturated heterocycles. The van der Waals surface area contributed by atoms with Crippen LogP contribution in [0.2, 0.25) is 5.02 Å². The first-order valence-electron chi connectivity index (χ1n) is 6.39. The van der Waals surface area contributed by atoms with Gasteiger partial charge in [0, 0.05) is 5.02 Å². The van der Waals surface area contributed by atoms with Crippen molar-refractivity contribution in [1.82, 2.24) is 5.32 Å². The van der Waals surface area contributed by atoms with Crippen LogP contribution in [0.15, 0.2) is 24.3 Å². The lowest BCUT2D eigenvalue weighted by molar-refractivity contribution is 0.442. The van der Waals surface area contributed by atoms with Gasteiger partial charge in [-0.1, -0.05) is 57.5 Å². The average Bonchev–Trinajstić information content (AvgIpc) is 2.24. The summed E-state index contributed by atoms with van der Waals surface area (Å²) in [5.41, 5.74) is 1.37. The molecule has 17 heavy (non-hydrogen) atoms. The van der Waals surface area contributed by atoms with Crippen molar-refractivity contribution in [3.63, 3.8) is 0 Å². The Kier molecular flexibility index (Phi) is 5.48. The number of rotatable bonds is 6. The Balaban J connectivity index is 2.54. The Morgan fingerprint density at radius 1 is 1.24 bits per heavy atom. The smallest absolute Gasteiger partial charge is 0.0443 e. The van der Waals surface area contributed by atoms with Crippen molar-refractivity contribution in [2.24, 2.45) is 5.92 Å². The van der Waals surface area contributed by atoms with Crippen LogP contribution < -0.4 is 5.32 Å². The topological polar surface area (TPSA) is 12.0 Å². The second-order valence-electron chi connectivity index (χ2n) is 5.71. The quantitative estimate of drug-likeness (QED) is 0.748. The Morgan fingerprint density at radius 3 is 2.47 bits per heavy atom. The first-order chi connectivity index (χ1) is 7.93. The van der Waals surface area contributed by atoms with Crippen molar-refractivity contribution in [1.29, 1.82) is 0 Å². The van der Waals surface area contributed by atoms with E-state index in [2.05, 4.69) is 45.1 Å². The minimum Gasteiger partial charge on any atom is -0.316 e. The molecule has 0 unspecified atom stereocenters. The number of benzene rings is 1. The Hall–Kier alpha value is -0.530. The van der Waals surface area contributed by atoms with Crippen molar-refractivity contribution < 1.29 is 0 Å². The standard InChI is InChI=1S/C15H24ClN/c1-12(2)11-17-10-9-15(3,4)13-7-5-6-8-14(13)16/h5-8,12,17H,9-11H2,1-4H3. The molecule has 1 aromatic rings. The van der Waals surface area contributed by atoms with Gasteiger partial charge in [-0.05, 0) is 42.5 Å². The van der Waals surface area contributed by atoms with Gasteiger partial charge < -0.3 is 5.32 Å². The van der Waals surface area contributed by atoms with Crippen LogP contribution in [0, 0.1) is 5.92 Å². The first kappa shape index (κ1) is 14.5. The maximum atomic E-state index is 6.25. The molecule has 0 saturated carbocycles. The number of halogens is 1. The third-order valence-electron chi connectivity index (χ3n) is 3.08. The van der Waals surface area contributed by atoms with Gasteiger partial charge in [-0.3, -0.25) is 0 Å². The molecular formula is C15H24ClN. The molecule has 0 fully saturated rings. The van der Waals surface area contributed by atoms with Gasteiger partial charge in [-0.15, -0.1) is 0 Å². The normalized spacial score (nSPS) is 12.1. The third-order valence-corrected chi connectivity index (χ3v) is 3.41. The van der Waals surface area contributed by atoms with Gasteiger partial charge in [0.2, 0.25) is 0 Å². The van der Waals surface area contributed by atoms with E-state index in [0.29, 0.717) is 5.92 Å². The molecule has 1 rings (SSSR count). The van der Waals surface area contributed by atoms with Crippen LogP contribution in [0.5, 0.6) is 0 Å². The zero-order valence-corrected chi connectivity index (χ0v) is 12.1. The molecule has 2 heteroatoms. The molecule has 0 radical (unpaired) electrons. The van der Waals surface area contributed by atoms with E-state index in [9.17, 15) is 0 Å². The molecule has 1 aromatic carbocycles. The second kappa shape index (κ2) is 6.42. The molecule has 0 spiro atoms. The fourth-order valence-corrected chi connectivity index (χ4v) is 2.33. The molecule has 96 valence electrons. The second-order valence-corrected chi connectivity index (χ2v) is 6.12. The lowest BCUT2D eigenvalue weighted by Crippen LogP contribution is -2.27. The summed E-state index contributed by atoms with van der Waals surface area (Å²) in [5, 5.41) is 4.36. The highest BCUT2D eigenvalue weighted by molar-refractivity contribution is 6.31. The van der Waals surface area contributed by atoms with Gasteiger partial charge in [-0.2, -0.15) is 0 Å². The van der Waals surface area contributed by atoms with Gasteiger partial charge >= 0.3 is 0 Å². The minimum atomic E-state index is 0.127. The molecule has 1 nitrogen and oxygen atoms in total. The summed E-state index contributed by atoms with van der Waals surface area (Å²) in [5.74, 6) is 0.707. The average molecular weight is 254 g/mol. The fourth-order valence-electron chi connectivity index (χ4n) is 1.94. The summed E-state index contributed by atoms with van der Waals surface area (Å²) >= 11 is 6.25. The lowest BCUT2D eigenvalue weighted by Gasteiger charge is -2.26. The molecular weight excluding hydrogens is 230 g/mol. The largest absolute Gasteiger partial charge is 0.316 e.